The Morgan fingerprint density at radius 2 is 1.79 bits per heavy atom. The highest BCUT2D eigenvalue weighted by Gasteiger charge is 2.00. The van der Waals surface area contributed by atoms with Crippen LogP contribution in [0.1, 0.15) is 12.0 Å². The van der Waals surface area contributed by atoms with Crippen molar-refractivity contribution in [3.63, 3.8) is 0 Å². The van der Waals surface area contributed by atoms with Crippen molar-refractivity contribution in [2.24, 2.45) is 0 Å². The molecule has 0 heterocycles. The number of rotatable bonds is 10. The first-order valence-electron chi connectivity index (χ1n) is 6.34. The molecular formula is C14H23NO4. The Morgan fingerprint density at radius 1 is 1.00 bits per heavy atom. The normalized spacial score (nSPS) is 10.6. The summed E-state index contributed by atoms with van der Waals surface area (Å²) < 4.78 is 20.9. The first-order valence-corrected chi connectivity index (χ1v) is 6.34. The maximum Gasteiger partial charge on any atom is 0.141 e. The minimum Gasteiger partial charge on any atom is -0.495 e. The maximum absolute atomic E-state index is 5.81. The molecule has 0 unspecified atom stereocenters. The third kappa shape index (κ3) is 6.42. The van der Waals surface area contributed by atoms with Gasteiger partial charge in [-0.1, -0.05) is 6.07 Å². The van der Waals surface area contributed by atoms with Crippen LogP contribution < -0.4 is 10.5 Å². The van der Waals surface area contributed by atoms with Gasteiger partial charge >= 0.3 is 0 Å². The van der Waals surface area contributed by atoms with Crippen molar-refractivity contribution in [3.8, 4) is 5.75 Å². The van der Waals surface area contributed by atoms with E-state index in [0.717, 1.165) is 18.6 Å². The zero-order chi connectivity index (χ0) is 13.9. The highest BCUT2D eigenvalue weighted by Crippen LogP contribution is 2.22. The topological polar surface area (TPSA) is 62.9 Å². The van der Waals surface area contributed by atoms with Crippen LogP contribution >= 0.6 is 0 Å². The molecule has 1 aromatic rings. The minimum atomic E-state index is 0.523. The lowest BCUT2D eigenvalue weighted by Gasteiger charge is -2.08. The molecule has 0 aromatic heterocycles. The summed E-state index contributed by atoms with van der Waals surface area (Å²) in [7, 11) is 3.28. The number of hydrogen-bond acceptors (Lipinski definition) is 5. The molecule has 1 aromatic carbocycles. The third-order valence-electron chi connectivity index (χ3n) is 2.57. The van der Waals surface area contributed by atoms with Crippen LogP contribution in [0, 0.1) is 0 Å². The molecule has 0 aliphatic carbocycles. The van der Waals surface area contributed by atoms with E-state index in [1.807, 2.05) is 18.2 Å². The molecule has 108 valence electrons. The molecule has 0 saturated carbocycles. The molecule has 0 spiro atoms. The predicted octanol–water partition coefficient (Wildman–Crippen LogP) is 1.85. The molecule has 0 fully saturated rings. The SMILES string of the molecule is COCCCOCCOCc1ccc(OC)c(N)c1. The lowest BCUT2D eigenvalue weighted by molar-refractivity contribution is 0.0337. The molecule has 19 heavy (non-hydrogen) atoms. The van der Waals surface area contributed by atoms with E-state index in [4.69, 9.17) is 24.7 Å². The van der Waals surface area contributed by atoms with Crippen molar-refractivity contribution in [1.29, 1.82) is 0 Å². The van der Waals surface area contributed by atoms with Gasteiger partial charge in [0, 0.05) is 20.3 Å². The summed E-state index contributed by atoms with van der Waals surface area (Å²) in [5.41, 5.74) is 7.46. The molecule has 1 rings (SSSR count). The summed E-state index contributed by atoms with van der Waals surface area (Å²) in [5.74, 6) is 0.685. The van der Waals surface area contributed by atoms with Crippen LogP contribution in [0.2, 0.25) is 0 Å². The van der Waals surface area contributed by atoms with Crippen LogP contribution in [0.4, 0.5) is 5.69 Å². The fourth-order valence-electron chi connectivity index (χ4n) is 1.59. The number of benzene rings is 1. The van der Waals surface area contributed by atoms with E-state index in [1.54, 1.807) is 14.2 Å². The minimum absolute atomic E-state index is 0.523. The molecule has 5 nitrogen and oxygen atoms in total. The molecule has 0 radical (unpaired) electrons. The summed E-state index contributed by atoms with van der Waals surface area (Å²) >= 11 is 0. The van der Waals surface area contributed by atoms with Gasteiger partial charge in [0.15, 0.2) is 0 Å². The van der Waals surface area contributed by atoms with Crippen molar-refractivity contribution >= 4 is 5.69 Å². The molecule has 0 aliphatic rings. The van der Waals surface area contributed by atoms with Crippen LogP contribution in [0.3, 0.4) is 0 Å². The van der Waals surface area contributed by atoms with Crippen molar-refractivity contribution in [2.75, 3.05) is 46.4 Å². The zero-order valence-electron chi connectivity index (χ0n) is 11.7. The lowest BCUT2D eigenvalue weighted by atomic mass is 10.2. The van der Waals surface area contributed by atoms with Crippen LogP contribution in [0.25, 0.3) is 0 Å². The van der Waals surface area contributed by atoms with Gasteiger partial charge in [0.2, 0.25) is 0 Å². The average molecular weight is 269 g/mol. The van der Waals surface area contributed by atoms with Gasteiger partial charge in [-0.25, -0.2) is 0 Å². The van der Waals surface area contributed by atoms with Crippen LogP contribution in [-0.2, 0) is 20.8 Å². The average Bonchev–Trinajstić information content (AvgIpc) is 2.42. The van der Waals surface area contributed by atoms with Gasteiger partial charge in [-0.05, 0) is 24.1 Å². The van der Waals surface area contributed by atoms with Gasteiger partial charge in [0.25, 0.3) is 0 Å². The third-order valence-corrected chi connectivity index (χ3v) is 2.57. The second kappa shape index (κ2) is 9.61. The summed E-state index contributed by atoms with van der Waals surface area (Å²) in [5, 5.41) is 0. The van der Waals surface area contributed by atoms with Crippen molar-refractivity contribution < 1.29 is 18.9 Å². The number of anilines is 1. The van der Waals surface area contributed by atoms with Gasteiger partial charge in [0.1, 0.15) is 5.75 Å². The Kier molecular flexibility index (Phi) is 7.97. The van der Waals surface area contributed by atoms with Gasteiger partial charge in [0.05, 0.1) is 32.6 Å². The second-order valence-corrected chi connectivity index (χ2v) is 4.09. The lowest BCUT2D eigenvalue weighted by Crippen LogP contribution is -2.06. The van der Waals surface area contributed by atoms with Gasteiger partial charge in [-0.15, -0.1) is 0 Å². The van der Waals surface area contributed by atoms with E-state index >= 15 is 0 Å². The van der Waals surface area contributed by atoms with Gasteiger partial charge in [-0.2, -0.15) is 0 Å². The second-order valence-electron chi connectivity index (χ2n) is 4.09. The van der Waals surface area contributed by atoms with E-state index in [-0.39, 0.29) is 0 Å². The molecule has 0 atom stereocenters. The van der Waals surface area contributed by atoms with E-state index in [1.165, 1.54) is 0 Å². The van der Waals surface area contributed by atoms with E-state index in [9.17, 15) is 0 Å². The molecule has 0 bridgehead atoms. The van der Waals surface area contributed by atoms with Crippen molar-refractivity contribution in [3.05, 3.63) is 23.8 Å². The number of ether oxygens (including phenoxy) is 4. The number of methoxy groups -OCH3 is 2. The monoisotopic (exact) mass is 269 g/mol. The molecule has 0 amide bonds. The highest BCUT2D eigenvalue weighted by atomic mass is 16.5. The number of hydrogen-bond donors (Lipinski definition) is 1. The summed E-state index contributed by atoms with van der Waals surface area (Å²) in [6, 6.07) is 5.64. The molecule has 2 N–H and O–H groups in total. The fraction of sp³-hybridized carbons (Fsp3) is 0.571. The molecule has 5 heteroatoms. The van der Waals surface area contributed by atoms with Crippen LogP contribution in [0.15, 0.2) is 18.2 Å². The van der Waals surface area contributed by atoms with Crippen LogP contribution in [0.5, 0.6) is 5.75 Å². The largest absolute Gasteiger partial charge is 0.495 e. The number of nitrogen functional groups attached to an aromatic ring is 1. The van der Waals surface area contributed by atoms with E-state index < -0.39 is 0 Å². The Hall–Kier alpha value is -1.30. The molecular weight excluding hydrogens is 246 g/mol. The van der Waals surface area contributed by atoms with E-state index in [0.29, 0.717) is 37.9 Å². The first kappa shape index (κ1) is 15.8. The maximum atomic E-state index is 5.81. The quantitative estimate of drug-likeness (QED) is 0.519. The fourth-order valence-corrected chi connectivity index (χ4v) is 1.59. The standard InChI is InChI=1S/C14H23NO4/c1-16-6-3-7-18-8-9-19-11-12-4-5-14(17-2)13(15)10-12/h4-5,10H,3,6-9,11,15H2,1-2H3. The summed E-state index contributed by atoms with van der Waals surface area (Å²) in [6.07, 6.45) is 0.908. The van der Waals surface area contributed by atoms with Crippen molar-refractivity contribution in [1.82, 2.24) is 0 Å². The zero-order valence-corrected chi connectivity index (χ0v) is 11.7. The Balaban J connectivity index is 2.11. The van der Waals surface area contributed by atoms with Crippen LogP contribution in [-0.4, -0.2) is 40.6 Å². The predicted molar refractivity (Wildman–Crippen MR) is 74.4 cm³/mol. The Labute approximate surface area is 114 Å². The van der Waals surface area contributed by atoms with Gasteiger partial charge in [-0.3, -0.25) is 0 Å². The smallest absolute Gasteiger partial charge is 0.141 e. The first-order chi connectivity index (χ1) is 9.27. The van der Waals surface area contributed by atoms with E-state index in [2.05, 4.69) is 0 Å². The Morgan fingerprint density at radius 3 is 2.47 bits per heavy atom. The molecule has 0 saturated heterocycles. The highest BCUT2D eigenvalue weighted by molar-refractivity contribution is 5.54. The van der Waals surface area contributed by atoms with Crippen molar-refractivity contribution in [2.45, 2.75) is 13.0 Å². The Bertz CT molecular complexity index is 357. The summed E-state index contributed by atoms with van der Waals surface area (Å²) in [4.78, 5) is 0. The molecule has 0 aliphatic heterocycles. The summed E-state index contributed by atoms with van der Waals surface area (Å²) in [6.45, 7) is 3.11. The van der Waals surface area contributed by atoms with Gasteiger partial charge < -0.3 is 24.7 Å². The number of nitrogens with two attached hydrogens (primary N) is 1.